The van der Waals surface area contributed by atoms with Crippen molar-refractivity contribution >= 4 is 41.8 Å². The number of aromatic amines is 2. The fraction of sp³-hybridized carbons (Fsp3) is 0.263. The summed E-state index contributed by atoms with van der Waals surface area (Å²) in [5.41, 5.74) is 6.37. The van der Waals surface area contributed by atoms with Gasteiger partial charge in [0, 0.05) is 25.2 Å². The number of halogens is 2. The molecule has 1 amide bonds. The largest absolute Gasteiger partial charge is 0.338 e. The Morgan fingerprint density at radius 1 is 1.14 bits per heavy atom. The minimum atomic E-state index is -0.630. The Kier molecular flexibility index (Phi) is 7.18. The van der Waals surface area contributed by atoms with Gasteiger partial charge in [0.2, 0.25) is 0 Å². The molecule has 0 aliphatic carbocycles. The van der Waals surface area contributed by atoms with Crippen LogP contribution in [-0.2, 0) is 0 Å². The highest BCUT2D eigenvalue weighted by Gasteiger charge is 2.35. The number of nitrogens with two attached hydrogens (primary N) is 1. The van der Waals surface area contributed by atoms with Crippen molar-refractivity contribution in [2.24, 2.45) is 11.7 Å². The van der Waals surface area contributed by atoms with Crippen molar-refractivity contribution in [2.45, 2.75) is 5.92 Å². The number of likely N-dealkylation sites (tertiary alicyclic amines) is 1. The van der Waals surface area contributed by atoms with Gasteiger partial charge in [-0.25, -0.2) is 9.78 Å². The number of H-pyrrole nitrogens is 2. The normalized spacial score (nSPS) is 18.2. The van der Waals surface area contributed by atoms with E-state index in [1.165, 1.54) is 12.3 Å². The number of pyridine rings is 1. The van der Waals surface area contributed by atoms with Crippen molar-refractivity contribution in [3.63, 3.8) is 0 Å². The van der Waals surface area contributed by atoms with E-state index in [2.05, 4.69) is 27.1 Å². The summed E-state index contributed by atoms with van der Waals surface area (Å²) in [4.78, 5) is 46.7. The highest BCUT2D eigenvalue weighted by Crippen LogP contribution is 2.32. The highest BCUT2D eigenvalue weighted by atomic mass is 35.5. The summed E-state index contributed by atoms with van der Waals surface area (Å²) in [6.07, 6.45) is 1.38. The van der Waals surface area contributed by atoms with Crippen LogP contribution in [0.3, 0.4) is 0 Å². The second kappa shape index (κ2) is 9.21. The Bertz CT molecular complexity index is 1120. The number of amides is 1. The standard InChI is InChI=1S/C19H19N5O3.2ClH/c20-7-13-9-24(10-15(13)11-4-2-1-3-5-11)18(26)12-6-14-16(21-8-12)22-19(27)23-17(14)25;;/h1-6,8,13,15H,7,9-10,20H2,(H2,21,22,23,25,27);2*1H/t13-,15+;;/m1../s1. The zero-order chi connectivity index (χ0) is 19.0. The van der Waals surface area contributed by atoms with E-state index in [1.807, 2.05) is 18.2 Å². The van der Waals surface area contributed by atoms with Crippen molar-refractivity contribution in [1.82, 2.24) is 19.9 Å². The molecule has 1 aliphatic rings. The third-order valence-corrected chi connectivity index (χ3v) is 5.10. The zero-order valence-electron chi connectivity index (χ0n) is 15.3. The maximum Gasteiger partial charge on any atom is 0.327 e. The third kappa shape index (κ3) is 4.34. The minimum absolute atomic E-state index is 0. The molecule has 154 valence electrons. The van der Waals surface area contributed by atoms with Gasteiger partial charge in [-0.15, -0.1) is 24.8 Å². The summed E-state index contributed by atoms with van der Waals surface area (Å²) < 4.78 is 0. The van der Waals surface area contributed by atoms with E-state index >= 15 is 0 Å². The molecule has 3 aromatic rings. The average Bonchev–Trinajstić information content (AvgIpc) is 3.12. The zero-order valence-corrected chi connectivity index (χ0v) is 17.0. The first-order valence-corrected chi connectivity index (χ1v) is 8.73. The van der Waals surface area contributed by atoms with Gasteiger partial charge in [0.15, 0.2) is 0 Å². The monoisotopic (exact) mass is 437 g/mol. The maximum atomic E-state index is 13.0. The van der Waals surface area contributed by atoms with Crippen molar-refractivity contribution in [3.8, 4) is 0 Å². The number of rotatable bonds is 3. The number of hydrogen-bond acceptors (Lipinski definition) is 5. The number of aromatic nitrogens is 3. The number of fused-ring (bicyclic) bond motifs is 1. The first-order valence-electron chi connectivity index (χ1n) is 8.73. The Hall–Kier alpha value is -2.68. The lowest BCUT2D eigenvalue weighted by molar-refractivity contribution is 0.0786. The number of hydrogen-bond donors (Lipinski definition) is 3. The second-order valence-corrected chi connectivity index (χ2v) is 6.75. The number of carbonyl (C=O) groups excluding carboxylic acids is 1. The molecule has 0 unspecified atom stereocenters. The average molecular weight is 438 g/mol. The van der Waals surface area contributed by atoms with Crippen LogP contribution in [0.2, 0.25) is 0 Å². The molecule has 10 heteroatoms. The molecule has 8 nitrogen and oxygen atoms in total. The summed E-state index contributed by atoms with van der Waals surface area (Å²) >= 11 is 0. The van der Waals surface area contributed by atoms with Crippen LogP contribution in [0.1, 0.15) is 21.8 Å². The fourth-order valence-corrected chi connectivity index (χ4v) is 3.70. The molecular formula is C19H21Cl2N5O3. The van der Waals surface area contributed by atoms with Crippen LogP contribution in [0.4, 0.5) is 0 Å². The minimum Gasteiger partial charge on any atom is -0.338 e. The van der Waals surface area contributed by atoms with Crippen LogP contribution in [0.25, 0.3) is 11.0 Å². The lowest BCUT2D eigenvalue weighted by atomic mass is 9.89. The smallest absolute Gasteiger partial charge is 0.327 e. The van der Waals surface area contributed by atoms with Gasteiger partial charge in [-0.2, -0.15) is 0 Å². The van der Waals surface area contributed by atoms with E-state index in [1.54, 1.807) is 4.90 Å². The van der Waals surface area contributed by atoms with Gasteiger partial charge in [0.1, 0.15) is 5.65 Å². The molecule has 4 rings (SSSR count). The Labute approximate surface area is 178 Å². The fourth-order valence-electron chi connectivity index (χ4n) is 3.70. The third-order valence-electron chi connectivity index (χ3n) is 5.10. The van der Waals surface area contributed by atoms with Crippen LogP contribution in [0.15, 0.2) is 52.2 Å². The molecule has 1 fully saturated rings. The topological polar surface area (TPSA) is 125 Å². The molecular weight excluding hydrogens is 417 g/mol. The van der Waals surface area contributed by atoms with Crippen molar-refractivity contribution < 1.29 is 4.79 Å². The summed E-state index contributed by atoms with van der Waals surface area (Å²) in [5.74, 6) is 0.143. The molecule has 3 heterocycles. The van der Waals surface area contributed by atoms with Gasteiger partial charge in [-0.3, -0.25) is 19.6 Å². The van der Waals surface area contributed by atoms with Crippen LogP contribution < -0.4 is 17.0 Å². The van der Waals surface area contributed by atoms with Crippen LogP contribution in [0.5, 0.6) is 0 Å². The summed E-state index contributed by atoms with van der Waals surface area (Å²) in [6, 6.07) is 11.5. The molecule has 1 aliphatic heterocycles. The van der Waals surface area contributed by atoms with E-state index in [0.29, 0.717) is 25.2 Å². The van der Waals surface area contributed by atoms with Crippen molar-refractivity contribution in [1.29, 1.82) is 0 Å². The predicted octanol–water partition coefficient (Wildman–Crippen LogP) is 1.27. The molecule has 1 aromatic carbocycles. The Morgan fingerprint density at radius 3 is 2.55 bits per heavy atom. The lowest BCUT2D eigenvalue weighted by Gasteiger charge is -2.17. The number of nitrogens with zero attached hydrogens (tertiary/aromatic N) is 2. The lowest BCUT2D eigenvalue weighted by Crippen LogP contribution is -2.30. The van der Waals surface area contributed by atoms with E-state index in [4.69, 9.17) is 5.73 Å². The molecule has 4 N–H and O–H groups in total. The van der Waals surface area contributed by atoms with Gasteiger partial charge < -0.3 is 10.6 Å². The van der Waals surface area contributed by atoms with E-state index in [9.17, 15) is 14.4 Å². The number of carbonyl (C=O) groups is 1. The Morgan fingerprint density at radius 2 is 1.86 bits per heavy atom. The molecule has 0 bridgehead atoms. The summed E-state index contributed by atoms with van der Waals surface area (Å²) in [5, 5.41) is 0.176. The van der Waals surface area contributed by atoms with Crippen LogP contribution in [0, 0.1) is 5.92 Å². The molecule has 0 radical (unpaired) electrons. The summed E-state index contributed by atoms with van der Waals surface area (Å²) in [6.45, 7) is 1.60. The van der Waals surface area contributed by atoms with E-state index < -0.39 is 11.2 Å². The van der Waals surface area contributed by atoms with E-state index in [0.717, 1.165) is 5.56 Å². The summed E-state index contributed by atoms with van der Waals surface area (Å²) in [7, 11) is 0. The molecule has 2 aromatic heterocycles. The van der Waals surface area contributed by atoms with E-state index in [-0.39, 0.29) is 53.6 Å². The SMILES string of the molecule is Cl.Cl.NC[C@@H]1CN(C(=O)c2cnc3[nH]c(=O)[nH]c(=O)c3c2)C[C@H]1c1ccccc1. The van der Waals surface area contributed by atoms with Gasteiger partial charge in [-0.1, -0.05) is 30.3 Å². The molecule has 2 atom stereocenters. The van der Waals surface area contributed by atoms with Gasteiger partial charge >= 0.3 is 5.69 Å². The van der Waals surface area contributed by atoms with Crippen LogP contribution in [-0.4, -0.2) is 45.4 Å². The van der Waals surface area contributed by atoms with Crippen molar-refractivity contribution in [2.75, 3.05) is 19.6 Å². The highest BCUT2D eigenvalue weighted by molar-refractivity contribution is 5.96. The van der Waals surface area contributed by atoms with Crippen LogP contribution >= 0.6 is 24.8 Å². The number of benzene rings is 1. The molecule has 0 spiro atoms. The van der Waals surface area contributed by atoms with Gasteiger partial charge in [-0.05, 0) is 24.1 Å². The Balaban J connectivity index is 0.00000150. The molecule has 1 saturated heterocycles. The van der Waals surface area contributed by atoms with Crippen molar-refractivity contribution in [3.05, 3.63) is 74.6 Å². The number of nitrogens with one attached hydrogen (secondary N) is 2. The molecule has 29 heavy (non-hydrogen) atoms. The predicted molar refractivity (Wildman–Crippen MR) is 115 cm³/mol. The quantitative estimate of drug-likeness (QED) is 0.568. The van der Waals surface area contributed by atoms with Gasteiger partial charge in [0.25, 0.3) is 11.5 Å². The maximum absolute atomic E-state index is 13.0. The second-order valence-electron chi connectivity index (χ2n) is 6.75. The van der Waals surface area contributed by atoms with Gasteiger partial charge in [0.05, 0.1) is 10.9 Å². The first kappa shape index (κ1) is 22.6. The first-order chi connectivity index (χ1) is 13.1. The molecule has 0 saturated carbocycles.